The van der Waals surface area contributed by atoms with Gasteiger partial charge in [-0.05, 0) is 49.0 Å². The Hall–Kier alpha value is -2.64. The summed E-state index contributed by atoms with van der Waals surface area (Å²) in [6, 6.07) is 15.2. The number of hydrogen-bond donors (Lipinski definition) is 2. The van der Waals surface area contributed by atoms with E-state index in [-0.39, 0.29) is 0 Å². The number of thiocarbonyl (C=S) groups is 1. The maximum Gasteiger partial charge on any atom is 0.248 e. The molecule has 8 heteroatoms. The zero-order valence-corrected chi connectivity index (χ0v) is 15.7. The van der Waals surface area contributed by atoms with Gasteiger partial charge in [-0.15, -0.1) is 5.10 Å². The molecule has 0 atom stereocenters. The summed E-state index contributed by atoms with van der Waals surface area (Å²) in [5, 5.41) is 11.5. The molecule has 6 nitrogen and oxygen atoms in total. The van der Waals surface area contributed by atoms with Crippen LogP contribution in [0, 0.1) is 0 Å². The topological polar surface area (TPSA) is 64.0 Å². The fraction of sp³-hybridized carbons (Fsp3) is 0.167. The highest BCUT2D eigenvalue weighted by Gasteiger charge is 2.07. The van der Waals surface area contributed by atoms with E-state index < -0.39 is 0 Å². The number of halogens is 1. The van der Waals surface area contributed by atoms with Crippen molar-refractivity contribution in [1.29, 1.82) is 0 Å². The lowest BCUT2D eigenvalue weighted by molar-refractivity contribution is 0.342. The summed E-state index contributed by atoms with van der Waals surface area (Å²) < 4.78 is 7.29. The van der Waals surface area contributed by atoms with Crippen LogP contribution >= 0.6 is 23.8 Å². The van der Waals surface area contributed by atoms with Crippen LogP contribution in [0.4, 0.5) is 11.6 Å². The lowest BCUT2D eigenvalue weighted by atomic mass is 10.2. The van der Waals surface area contributed by atoms with Gasteiger partial charge in [-0.3, -0.25) is 5.32 Å². The Balaban J connectivity index is 1.61. The highest BCUT2D eigenvalue weighted by Crippen LogP contribution is 2.23. The van der Waals surface area contributed by atoms with Gasteiger partial charge in [-0.2, -0.15) is 0 Å². The van der Waals surface area contributed by atoms with Crippen molar-refractivity contribution in [2.45, 2.75) is 13.5 Å². The molecule has 2 aromatic carbocycles. The molecule has 0 unspecified atom stereocenters. The predicted octanol–water partition coefficient (Wildman–Crippen LogP) is 4.19. The van der Waals surface area contributed by atoms with Crippen LogP contribution in [0.3, 0.4) is 0 Å². The maximum absolute atomic E-state index is 6.00. The molecule has 0 aliphatic rings. The number of para-hydroxylation sites is 2. The highest BCUT2D eigenvalue weighted by atomic mass is 35.5. The monoisotopic (exact) mass is 387 g/mol. The lowest BCUT2D eigenvalue weighted by Gasteiger charge is -2.12. The van der Waals surface area contributed by atoms with Crippen LogP contribution in [0.5, 0.6) is 5.75 Å². The van der Waals surface area contributed by atoms with Crippen LogP contribution in [0.25, 0.3) is 0 Å². The van der Waals surface area contributed by atoms with Crippen molar-refractivity contribution in [3.05, 3.63) is 65.4 Å². The van der Waals surface area contributed by atoms with Gasteiger partial charge in [0, 0.05) is 5.02 Å². The molecule has 1 heterocycles. The molecule has 2 N–H and O–H groups in total. The Labute approximate surface area is 162 Å². The van der Waals surface area contributed by atoms with E-state index in [9.17, 15) is 0 Å². The fourth-order valence-electron chi connectivity index (χ4n) is 2.36. The third-order valence-electron chi connectivity index (χ3n) is 3.43. The van der Waals surface area contributed by atoms with E-state index >= 15 is 0 Å². The minimum atomic E-state index is 0.387. The van der Waals surface area contributed by atoms with Crippen molar-refractivity contribution in [3.63, 3.8) is 0 Å². The summed E-state index contributed by atoms with van der Waals surface area (Å²) in [6.45, 7) is 3.08. The third kappa shape index (κ3) is 4.93. The van der Waals surface area contributed by atoms with E-state index in [0.29, 0.717) is 29.2 Å². The van der Waals surface area contributed by atoms with E-state index in [0.717, 1.165) is 17.0 Å². The summed E-state index contributed by atoms with van der Waals surface area (Å²) in [7, 11) is 0. The van der Waals surface area contributed by atoms with E-state index in [1.165, 1.54) is 0 Å². The highest BCUT2D eigenvalue weighted by molar-refractivity contribution is 7.80. The van der Waals surface area contributed by atoms with Gasteiger partial charge in [0.1, 0.15) is 12.1 Å². The molecule has 134 valence electrons. The Morgan fingerprint density at radius 1 is 1.19 bits per heavy atom. The van der Waals surface area contributed by atoms with E-state index in [1.54, 1.807) is 11.0 Å². The summed E-state index contributed by atoms with van der Waals surface area (Å²) in [5.41, 5.74) is 1.82. The summed E-state index contributed by atoms with van der Waals surface area (Å²) in [5.74, 6) is 1.15. The minimum Gasteiger partial charge on any atom is -0.492 e. The van der Waals surface area contributed by atoms with Gasteiger partial charge in [0.2, 0.25) is 5.95 Å². The van der Waals surface area contributed by atoms with Gasteiger partial charge in [-0.25, -0.2) is 9.67 Å². The van der Waals surface area contributed by atoms with Crippen molar-refractivity contribution < 1.29 is 4.74 Å². The molecular weight excluding hydrogens is 370 g/mol. The van der Waals surface area contributed by atoms with Gasteiger partial charge in [0.15, 0.2) is 5.11 Å². The van der Waals surface area contributed by atoms with Crippen LogP contribution < -0.4 is 15.4 Å². The lowest BCUT2D eigenvalue weighted by Crippen LogP contribution is -2.20. The van der Waals surface area contributed by atoms with Crippen LogP contribution in [-0.4, -0.2) is 26.5 Å². The van der Waals surface area contributed by atoms with Crippen LogP contribution in [0.2, 0.25) is 5.02 Å². The van der Waals surface area contributed by atoms with Crippen LogP contribution in [-0.2, 0) is 6.54 Å². The molecule has 0 bridgehead atoms. The Kier molecular flexibility index (Phi) is 6.04. The fourth-order valence-corrected chi connectivity index (χ4v) is 2.77. The first-order valence-corrected chi connectivity index (χ1v) is 8.86. The van der Waals surface area contributed by atoms with Crippen molar-refractivity contribution in [1.82, 2.24) is 14.8 Å². The number of nitrogens with one attached hydrogen (secondary N) is 2. The molecule has 0 saturated carbocycles. The van der Waals surface area contributed by atoms with Gasteiger partial charge in [0.05, 0.1) is 18.8 Å². The van der Waals surface area contributed by atoms with Crippen molar-refractivity contribution >= 4 is 40.6 Å². The average Bonchev–Trinajstić information content (AvgIpc) is 3.03. The summed E-state index contributed by atoms with van der Waals surface area (Å²) >= 11 is 11.3. The quantitative estimate of drug-likeness (QED) is 0.618. The molecule has 0 aliphatic carbocycles. The smallest absolute Gasteiger partial charge is 0.248 e. The SMILES string of the molecule is CCOc1ccccc1NC(=S)Nc1ncn(Cc2cccc(Cl)c2)n1. The zero-order valence-electron chi connectivity index (χ0n) is 14.1. The number of aromatic nitrogens is 3. The van der Waals surface area contributed by atoms with E-state index in [1.807, 2.05) is 55.5 Å². The average molecular weight is 388 g/mol. The second-order valence-electron chi connectivity index (χ2n) is 5.40. The predicted molar refractivity (Wildman–Crippen MR) is 108 cm³/mol. The molecule has 0 radical (unpaired) electrons. The molecule has 0 spiro atoms. The maximum atomic E-state index is 6.00. The summed E-state index contributed by atoms with van der Waals surface area (Å²) in [4.78, 5) is 4.22. The zero-order chi connectivity index (χ0) is 18.4. The molecule has 1 aromatic heterocycles. The number of anilines is 2. The van der Waals surface area contributed by atoms with Crippen molar-refractivity contribution in [2.24, 2.45) is 0 Å². The Bertz CT molecular complexity index is 899. The van der Waals surface area contributed by atoms with Gasteiger partial charge < -0.3 is 10.1 Å². The molecule has 0 saturated heterocycles. The van der Waals surface area contributed by atoms with E-state index in [4.69, 9.17) is 28.6 Å². The van der Waals surface area contributed by atoms with Crippen LogP contribution in [0.1, 0.15) is 12.5 Å². The largest absolute Gasteiger partial charge is 0.492 e. The van der Waals surface area contributed by atoms with Crippen LogP contribution in [0.15, 0.2) is 54.9 Å². The second kappa shape index (κ2) is 8.64. The number of hydrogen-bond acceptors (Lipinski definition) is 4. The minimum absolute atomic E-state index is 0.387. The molecule has 3 rings (SSSR count). The number of ether oxygens (including phenoxy) is 1. The van der Waals surface area contributed by atoms with Crippen molar-refractivity contribution in [2.75, 3.05) is 17.2 Å². The normalized spacial score (nSPS) is 10.4. The summed E-state index contributed by atoms with van der Waals surface area (Å²) in [6.07, 6.45) is 1.64. The van der Waals surface area contributed by atoms with Gasteiger partial charge in [0.25, 0.3) is 0 Å². The second-order valence-corrected chi connectivity index (χ2v) is 6.25. The number of benzene rings is 2. The third-order valence-corrected chi connectivity index (χ3v) is 3.87. The first-order valence-electron chi connectivity index (χ1n) is 8.08. The van der Waals surface area contributed by atoms with E-state index in [2.05, 4.69) is 20.7 Å². The Morgan fingerprint density at radius 3 is 2.85 bits per heavy atom. The first kappa shape index (κ1) is 18.2. The van der Waals surface area contributed by atoms with Gasteiger partial charge in [-0.1, -0.05) is 35.9 Å². The standard InChI is InChI=1S/C18H18ClN5OS/c1-2-25-16-9-4-3-8-15(16)21-18(26)22-17-20-12-24(23-17)11-13-6-5-7-14(19)10-13/h3-10,12H,2,11H2,1H3,(H2,21,22,23,26). The molecule has 0 amide bonds. The van der Waals surface area contributed by atoms with Gasteiger partial charge >= 0.3 is 0 Å². The molecule has 3 aromatic rings. The molecular formula is C18H18ClN5OS. The molecule has 0 aliphatic heterocycles. The number of nitrogens with zero attached hydrogens (tertiary/aromatic N) is 3. The van der Waals surface area contributed by atoms with Crippen molar-refractivity contribution in [3.8, 4) is 5.75 Å². The first-order chi connectivity index (χ1) is 12.6. The number of rotatable bonds is 6. The molecule has 0 fully saturated rings. The Morgan fingerprint density at radius 2 is 2.04 bits per heavy atom. The molecule has 26 heavy (non-hydrogen) atoms.